The monoisotopic (exact) mass is 276 g/mol. The van der Waals surface area contributed by atoms with E-state index in [-0.39, 0.29) is 11.4 Å². The number of nitrogens with one attached hydrogen (secondary N) is 1. The van der Waals surface area contributed by atoms with Crippen LogP contribution in [0, 0.1) is 10.1 Å². The van der Waals surface area contributed by atoms with E-state index in [1.54, 1.807) is 12.1 Å². The number of rotatable bonds is 5. The molecule has 6 heteroatoms. The Morgan fingerprint density at radius 3 is 2.90 bits per heavy atom. The smallest absolute Gasteiger partial charge is 0.292 e. The molecule has 1 aliphatic heterocycles. The second-order valence-corrected chi connectivity index (χ2v) is 5.74. The van der Waals surface area contributed by atoms with Gasteiger partial charge >= 0.3 is 0 Å². The Kier molecular flexibility index (Phi) is 3.58. The van der Waals surface area contributed by atoms with Gasteiger partial charge in [-0.3, -0.25) is 15.0 Å². The average Bonchev–Trinajstić information content (AvgIpc) is 3.17. The summed E-state index contributed by atoms with van der Waals surface area (Å²) < 4.78 is 0. The third kappa shape index (κ3) is 2.91. The zero-order valence-electron chi connectivity index (χ0n) is 11.4. The van der Waals surface area contributed by atoms with Gasteiger partial charge in [0.2, 0.25) is 0 Å². The van der Waals surface area contributed by atoms with Crippen molar-refractivity contribution < 1.29 is 4.92 Å². The van der Waals surface area contributed by atoms with Crippen molar-refractivity contribution >= 4 is 11.4 Å². The Bertz CT molecular complexity index is 516. The molecule has 1 saturated carbocycles. The number of anilines is 1. The SMILES string of the molecule is Nc1ccc(CNC2CCN(C3CC3)C2)cc1[N+](=O)[O-]. The van der Waals surface area contributed by atoms with E-state index in [1.165, 1.54) is 19.4 Å². The molecule has 1 saturated heterocycles. The van der Waals surface area contributed by atoms with Crippen LogP contribution >= 0.6 is 0 Å². The molecule has 1 unspecified atom stereocenters. The van der Waals surface area contributed by atoms with Crippen molar-refractivity contribution in [2.24, 2.45) is 0 Å². The molecule has 0 bridgehead atoms. The molecule has 3 rings (SSSR count). The van der Waals surface area contributed by atoms with E-state index in [4.69, 9.17) is 5.73 Å². The van der Waals surface area contributed by atoms with Gasteiger partial charge in [0.15, 0.2) is 0 Å². The first-order chi connectivity index (χ1) is 9.63. The van der Waals surface area contributed by atoms with Gasteiger partial charge in [0.25, 0.3) is 5.69 Å². The molecule has 1 aromatic carbocycles. The normalized spacial score (nSPS) is 23.1. The molecule has 1 atom stereocenters. The maximum atomic E-state index is 10.9. The predicted molar refractivity (Wildman–Crippen MR) is 77.3 cm³/mol. The van der Waals surface area contributed by atoms with Crippen LogP contribution in [0.4, 0.5) is 11.4 Å². The second kappa shape index (κ2) is 5.38. The van der Waals surface area contributed by atoms with Crippen molar-refractivity contribution in [3.05, 3.63) is 33.9 Å². The molecule has 20 heavy (non-hydrogen) atoms. The van der Waals surface area contributed by atoms with Gasteiger partial charge in [-0.15, -0.1) is 0 Å². The van der Waals surface area contributed by atoms with Gasteiger partial charge in [0, 0.05) is 37.8 Å². The van der Waals surface area contributed by atoms with Gasteiger partial charge < -0.3 is 11.1 Å². The van der Waals surface area contributed by atoms with E-state index in [0.29, 0.717) is 12.6 Å². The van der Waals surface area contributed by atoms with Crippen molar-refractivity contribution in [2.45, 2.75) is 37.9 Å². The van der Waals surface area contributed by atoms with E-state index >= 15 is 0 Å². The van der Waals surface area contributed by atoms with Gasteiger partial charge in [-0.1, -0.05) is 6.07 Å². The molecule has 0 radical (unpaired) electrons. The molecule has 0 amide bonds. The second-order valence-electron chi connectivity index (χ2n) is 5.74. The first-order valence-corrected chi connectivity index (χ1v) is 7.13. The topological polar surface area (TPSA) is 84.4 Å². The number of nitrogen functional groups attached to an aromatic ring is 1. The van der Waals surface area contributed by atoms with Crippen LogP contribution in [0.15, 0.2) is 18.2 Å². The molecule has 2 fully saturated rings. The molecule has 6 nitrogen and oxygen atoms in total. The number of hydrogen-bond acceptors (Lipinski definition) is 5. The highest BCUT2D eigenvalue weighted by Crippen LogP contribution is 2.30. The minimum absolute atomic E-state index is 0.00433. The number of benzene rings is 1. The Morgan fingerprint density at radius 2 is 2.20 bits per heavy atom. The largest absolute Gasteiger partial charge is 0.393 e. The predicted octanol–water partition coefficient (Wildman–Crippen LogP) is 1.50. The number of likely N-dealkylation sites (tertiary alicyclic amines) is 1. The molecule has 108 valence electrons. The number of nitro groups is 1. The fraction of sp³-hybridized carbons (Fsp3) is 0.571. The van der Waals surface area contributed by atoms with E-state index in [9.17, 15) is 10.1 Å². The summed E-state index contributed by atoms with van der Waals surface area (Å²) in [5, 5.41) is 14.3. The average molecular weight is 276 g/mol. The molecular weight excluding hydrogens is 256 g/mol. The minimum atomic E-state index is -0.427. The molecule has 3 N–H and O–H groups in total. The van der Waals surface area contributed by atoms with Crippen molar-refractivity contribution in [3.63, 3.8) is 0 Å². The lowest BCUT2D eigenvalue weighted by Gasteiger charge is -2.15. The Balaban J connectivity index is 1.55. The Hall–Kier alpha value is -1.66. The van der Waals surface area contributed by atoms with Crippen LogP contribution in [0.2, 0.25) is 0 Å². The summed E-state index contributed by atoms with van der Waals surface area (Å²) >= 11 is 0. The zero-order chi connectivity index (χ0) is 14.1. The quantitative estimate of drug-likeness (QED) is 0.484. The number of hydrogen-bond donors (Lipinski definition) is 2. The molecule has 2 aliphatic rings. The fourth-order valence-corrected chi connectivity index (χ4v) is 2.84. The molecule has 1 heterocycles. The van der Waals surface area contributed by atoms with Gasteiger partial charge in [0.05, 0.1) is 4.92 Å². The summed E-state index contributed by atoms with van der Waals surface area (Å²) in [5.74, 6) is 0. The summed E-state index contributed by atoms with van der Waals surface area (Å²) in [4.78, 5) is 13.0. The highest BCUT2D eigenvalue weighted by Gasteiger charge is 2.34. The van der Waals surface area contributed by atoms with Crippen LogP contribution in [-0.4, -0.2) is 35.0 Å². The summed E-state index contributed by atoms with van der Waals surface area (Å²) in [5.41, 5.74) is 6.73. The highest BCUT2D eigenvalue weighted by molar-refractivity contribution is 5.59. The van der Waals surface area contributed by atoms with Crippen LogP contribution in [-0.2, 0) is 6.54 Å². The standard InChI is InChI=1S/C14H20N4O2/c15-13-4-1-10(7-14(13)18(19)20)8-16-11-5-6-17(9-11)12-2-3-12/h1,4,7,11-12,16H,2-3,5-6,8-9,15H2. The first kappa shape index (κ1) is 13.3. The highest BCUT2D eigenvalue weighted by atomic mass is 16.6. The van der Waals surface area contributed by atoms with Crippen molar-refractivity contribution in [2.75, 3.05) is 18.8 Å². The van der Waals surface area contributed by atoms with Crippen molar-refractivity contribution in [1.29, 1.82) is 0 Å². The van der Waals surface area contributed by atoms with E-state index < -0.39 is 4.92 Å². The van der Waals surface area contributed by atoms with Gasteiger partial charge in [-0.05, 0) is 30.9 Å². The van der Waals surface area contributed by atoms with Gasteiger partial charge in [-0.2, -0.15) is 0 Å². The van der Waals surface area contributed by atoms with Crippen LogP contribution in [0.1, 0.15) is 24.8 Å². The molecular formula is C14H20N4O2. The lowest BCUT2D eigenvalue weighted by molar-refractivity contribution is -0.384. The van der Waals surface area contributed by atoms with Crippen molar-refractivity contribution in [1.82, 2.24) is 10.2 Å². The Labute approximate surface area is 118 Å². The van der Waals surface area contributed by atoms with Crippen LogP contribution in [0.3, 0.4) is 0 Å². The summed E-state index contributed by atoms with van der Waals surface area (Å²) in [6.07, 6.45) is 3.85. The van der Waals surface area contributed by atoms with Gasteiger partial charge in [-0.25, -0.2) is 0 Å². The maximum absolute atomic E-state index is 10.9. The van der Waals surface area contributed by atoms with Crippen LogP contribution in [0.5, 0.6) is 0 Å². The maximum Gasteiger partial charge on any atom is 0.292 e. The number of nitrogens with zero attached hydrogens (tertiary/aromatic N) is 2. The molecule has 1 aliphatic carbocycles. The first-order valence-electron chi connectivity index (χ1n) is 7.13. The van der Waals surface area contributed by atoms with Gasteiger partial charge in [0.1, 0.15) is 5.69 Å². The summed E-state index contributed by atoms with van der Waals surface area (Å²) in [6, 6.07) is 6.34. The number of nitro benzene ring substituents is 1. The summed E-state index contributed by atoms with van der Waals surface area (Å²) in [6.45, 7) is 2.93. The minimum Gasteiger partial charge on any atom is -0.393 e. The van der Waals surface area contributed by atoms with Crippen LogP contribution < -0.4 is 11.1 Å². The fourth-order valence-electron chi connectivity index (χ4n) is 2.84. The molecule has 0 spiro atoms. The van der Waals surface area contributed by atoms with Crippen molar-refractivity contribution in [3.8, 4) is 0 Å². The van der Waals surface area contributed by atoms with E-state index in [0.717, 1.165) is 24.6 Å². The van der Waals surface area contributed by atoms with E-state index in [2.05, 4.69) is 10.2 Å². The third-order valence-corrected chi connectivity index (χ3v) is 4.17. The third-order valence-electron chi connectivity index (χ3n) is 4.17. The lowest BCUT2D eigenvalue weighted by atomic mass is 10.1. The van der Waals surface area contributed by atoms with E-state index in [1.807, 2.05) is 6.07 Å². The summed E-state index contributed by atoms with van der Waals surface area (Å²) in [7, 11) is 0. The lowest BCUT2D eigenvalue weighted by Crippen LogP contribution is -2.32. The molecule has 0 aromatic heterocycles. The number of nitrogens with two attached hydrogens (primary N) is 1. The molecule has 1 aromatic rings. The Morgan fingerprint density at radius 1 is 1.40 bits per heavy atom. The zero-order valence-corrected chi connectivity index (χ0v) is 11.4. The van der Waals surface area contributed by atoms with Crippen LogP contribution in [0.25, 0.3) is 0 Å².